The van der Waals surface area contributed by atoms with Crippen molar-refractivity contribution in [2.24, 2.45) is 0 Å². The standard InChI is InChI=1S/C12H11NO2/c1-12(7-13)6-5-8-9(11(14)15)3-2-4-10(8)12/h2-4H,5-6H2,1H3,(H,14,15). The summed E-state index contributed by atoms with van der Waals surface area (Å²) in [6, 6.07) is 7.44. The highest BCUT2D eigenvalue weighted by atomic mass is 16.4. The monoisotopic (exact) mass is 201 g/mol. The number of nitrogens with zero attached hydrogens (tertiary/aromatic N) is 1. The molecule has 1 aromatic carbocycles. The summed E-state index contributed by atoms with van der Waals surface area (Å²) in [6.45, 7) is 1.87. The van der Waals surface area contributed by atoms with E-state index in [1.54, 1.807) is 12.1 Å². The molecule has 0 aliphatic heterocycles. The molecule has 1 unspecified atom stereocenters. The van der Waals surface area contributed by atoms with Crippen molar-refractivity contribution < 1.29 is 9.90 Å². The average Bonchev–Trinajstić information content (AvgIpc) is 2.57. The quantitative estimate of drug-likeness (QED) is 0.756. The number of carboxylic acid groups (broad SMARTS) is 1. The van der Waals surface area contributed by atoms with Gasteiger partial charge in [0, 0.05) is 0 Å². The van der Waals surface area contributed by atoms with E-state index in [2.05, 4.69) is 6.07 Å². The van der Waals surface area contributed by atoms with Crippen LogP contribution in [0.1, 0.15) is 34.8 Å². The molecule has 1 aromatic rings. The third kappa shape index (κ3) is 1.30. The van der Waals surface area contributed by atoms with Gasteiger partial charge in [-0.2, -0.15) is 5.26 Å². The first-order valence-corrected chi connectivity index (χ1v) is 4.85. The number of carboxylic acids is 1. The van der Waals surface area contributed by atoms with Crippen LogP contribution < -0.4 is 0 Å². The predicted octanol–water partition coefficient (Wildman–Crippen LogP) is 2.11. The fourth-order valence-electron chi connectivity index (χ4n) is 2.20. The second kappa shape index (κ2) is 3.09. The first-order chi connectivity index (χ1) is 7.08. The minimum Gasteiger partial charge on any atom is -0.478 e. The average molecular weight is 201 g/mol. The van der Waals surface area contributed by atoms with Gasteiger partial charge in [0.05, 0.1) is 17.0 Å². The molecule has 0 fully saturated rings. The van der Waals surface area contributed by atoms with E-state index < -0.39 is 11.4 Å². The highest BCUT2D eigenvalue weighted by Crippen LogP contribution is 2.39. The Morgan fingerprint density at radius 2 is 2.33 bits per heavy atom. The Hall–Kier alpha value is -1.82. The molecule has 1 atom stereocenters. The van der Waals surface area contributed by atoms with Gasteiger partial charge in [-0.25, -0.2) is 4.79 Å². The third-order valence-electron chi connectivity index (χ3n) is 3.12. The summed E-state index contributed by atoms with van der Waals surface area (Å²) in [7, 11) is 0. The van der Waals surface area contributed by atoms with E-state index in [0.29, 0.717) is 18.4 Å². The molecule has 1 aliphatic rings. The fourth-order valence-corrected chi connectivity index (χ4v) is 2.20. The van der Waals surface area contributed by atoms with E-state index in [9.17, 15) is 4.79 Å². The largest absolute Gasteiger partial charge is 0.478 e. The summed E-state index contributed by atoms with van der Waals surface area (Å²) in [5, 5.41) is 18.1. The second-order valence-electron chi connectivity index (χ2n) is 4.08. The lowest BCUT2D eigenvalue weighted by Gasteiger charge is -2.15. The fraction of sp³-hybridized carbons (Fsp3) is 0.333. The first-order valence-electron chi connectivity index (χ1n) is 4.85. The maximum atomic E-state index is 11.0. The Kier molecular flexibility index (Phi) is 2.01. The molecule has 1 aliphatic carbocycles. The normalized spacial score (nSPS) is 23.2. The number of nitriles is 1. The van der Waals surface area contributed by atoms with Crippen LogP contribution in [0.15, 0.2) is 18.2 Å². The summed E-state index contributed by atoms with van der Waals surface area (Å²) < 4.78 is 0. The molecule has 0 saturated carbocycles. The molecular formula is C12H11NO2. The maximum absolute atomic E-state index is 11.0. The SMILES string of the molecule is CC1(C#N)CCc2c(C(=O)O)cccc21. The predicted molar refractivity (Wildman–Crippen MR) is 54.7 cm³/mol. The van der Waals surface area contributed by atoms with E-state index in [-0.39, 0.29) is 0 Å². The van der Waals surface area contributed by atoms with E-state index in [4.69, 9.17) is 10.4 Å². The lowest BCUT2D eigenvalue weighted by atomic mass is 9.85. The lowest BCUT2D eigenvalue weighted by Crippen LogP contribution is -2.15. The Bertz CT molecular complexity index is 473. The molecule has 15 heavy (non-hydrogen) atoms. The van der Waals surface area contributed by atoms with Crippen LogP contribution >= 0.6 is 0 Å². The molecule has 76 valence electrons. The Morgan fingerprint density at radius 1 is 1.60 bits per heavy atom. The Balaban J connectivity index is 2.64. The van der Waals surface area contributed by atoms with Gasteiger partial charge in [-0.15, -0.1) is 0 Å². The number of fused-ring (bicyclic) bond motifs is 1. The van der Waals surface area contributed by atoms with E-state index >= 15 is 0 Å². The number of hydrogen-bond acceptors (Lipinski definition) is 2. The van der Waals surface area contributed by atoms with E-state index in [1.807, 2.05) is 13.0 Å². The van der Waals surface area contributed by atoms with Crippen molar-refractivity contribution in [1.29, 1.82) is 5.26 Å². The van der Waals surface area contributed by atoms with Crippen molar-refractivity contribution >= 4 is 5.97 Å². The third-order valence-corrected chi connectivity index (χ3v) is 3.12. The van der Waals surface area contributed by atoms with Crippen LogP contribution in [0, 0.1) is 11.3 Å². The molecule has 0 spiro atoms. The van der Waals surface area contributed by atoms with Gasteiger partial charge in [0.15, 0.2) is 0 Å². The van der Waals surface area contributed by atoms with Crippen LogP contribution in [0.3, 0.4) is 0 Å². The molecule has 3 heteroatoms. The molecule has 0 radical (unpaired) electrons. The van der Waals surface area contributed by atoms with E-state index in [1.165, 1.54) is 0 Å². The van der Waals surface area contributed by atoms with Crippen LogP contribution in [0.5, 0.6) is 0 Å². The zero-order valence-corrected chi connectivity index (χ0v) is 8.45. The van der Waals surface area contributed by atoms with Crippen LogP contribution in [0.25, 0.3) is 0 Å². The smallest absolute Gasteiger partial charge is 0.335 e. The van der Waals surface area contributed by atoms with Gasteiger partial charge >= 0.3 is 5.97 Å². The highest BCUT2D eigenvalue weighted by Gasteiger charge is 2.36. The summed E-state index contributed by atoms with van der Waals surface area (Å²) in [4.78, 5) is 11.0. The first kappa shape index (κ1) is 9.72. The second-order valence-corrected chi connectivity index (χ2v) is 4.08. The van der Waals surface area contributed by atoms with Crippen molar-refractivity contribution in [3.05, 3.63) is 34.9 Å². The number of rotatable bonds is 1. The van der Waals surface area contributed by atoms with Crippen molar-refractivity contribution in [3.63, 3.8) is 0 Å². The van der Waals surface area contributed by atoms with Gasteiger partial charge < -0.3 is 5.11 Å². The zero-order valence-electron chi connectivity index (χ0n) is 8.45. The number of hydrogen-bond donors (Lipinski definition) is 1. The van der Waals surface area contributed by atoms with Gasteiger partial charge in [0.1, 0.15) is 0 Å². The highest BCUT2D eigenvalue weighted by molar-refractivity contribution is 5.90. The van der Waals surface area contributed by atoms with Gasteiger partial charge in [0.2, 0.25) is 0 Å². The van der Waals surface area contributed by atoms with Crippen LogP contribution in [0.2, 0.25) is 0 Å². The summed E-state index contributed by atoms with van der Waals surface area (Å²) in [5.74, 6) is -0.908. The molecule has 1 N–H and O–H groups in total. The molecule has 0 amide bonds. The summed E-state index contributed by atoms with van der Waals surface area (Å²) in [6.07, 6.45) is 1.39. The number of aromatic carboxylic acids is 1. The van der Waals surface area contributed by atoms with Crippen molar-refractivity contribution in [2.45, 2.75) is 25.2 Å². The number of carbonyl (C=O) groups is 1. The molecule has 0 aromatic heterocycles. The van der Waals surface area contributed by atoms with Gasteiger partial charge in [-0.05, 0) is 37.0 Å². The van der Waals surface area contributed by atoms with E-state index in [0.717, 1.165) is 11.1 Å². The Morgan fingerprint density at radius 3 is 2.93 bits per heavy atom. The van der Waals surface area contributed by atoms with Crippen LogP contribution in [0.4, 0.5) is 0 Å². The lowest BCUT2D eigenvalue weighted by molar-refractivity contribution is 0.0696. The molecule has 2 rings (SSSR count). The van der Waals surface area contributed by atoms with Crippen molar-refractivity contribution in [3.8, 4) is 6.07 Å². The van der Waals surface area contributed by atoms with Crippen LogP contribution in [-0.4, -0.2) is 11.1 Å². The molecule has 3 nitrogen and oxygen atoms in total. The molecular weight excluding hydrogens is 190 g/mol. The zero-order chi connectivity index (χ0) is 11.1. The minimum absolute atomic E-state index is 0.339. The Labute approximate surface area is 88.0 Å². The topological polar surface area (TPSA) is 61.1 Å². The van der Waals surface area contributed by atoms with Gasteiger partial charge in [-0.3, -0.25) is 0 Å². The minimum atomic E-state index is -0.908. The van der Waals surface area contributed by atoms with Crippen molar-refractivity contribution in [1.82, 2.24) is 0 Å². The molecule has 0 saturated heterocycles. The van der Waals surface area contributed by atoms with Crippen molar-refractivity contribution in [2.75, 3.05) is 0 Å². The molecule has 0 bridgehead atoms. The molecule has 0 heterocycles. The van der Waals surface area contributed by atoms with Gasteiger partial charge in [-0.1, -0.05) is 12.1 Å². The summed E-state index contributed by atoms with van der Waals surface area (Å²) >= 11 is 0. The number of benzene rings is 1. The maximum Gasteiger partial charge on any atom is 0.335 e. The van der Waals surface area contributed by atoms with Crippen LogP contribution in [-0.2, 0) is 11.8 Å². The summed E-state index contributed by atoms with van der Waals surface area (Å²) in [5.41, 5.74) is 1.53. The van der Waals surface area contributed by atoms with Gasteiger partial charge in [0.25, 0.3) is 0 Å².